The number of amides is 2. The lowest BCUT2D eigenvalue weighted by atomic mass is 10.1. The van der Waals surface area contributed by atoms with E-state index in [1.807, 2.05) is 29.8 Å². The number of likely N-dealkylation sites (tertiary alicyclic amines) is 1. The van der Waals surface area contributed by atoms with E-state index in [9.17, 15) is 9.59 Å². The number of aryl methyl sites for hydroxylation is 2. The van der Waals surface area contributed by atoms with E-state index in [2.05, 4.69) is 4.98 Å². The molecule has 2 heterocycles. The third-order valence-electron chi connectivity index (χ3n) is 5.46. The van der Waals surface area contributed by atoms with Crippen LogP contribution in [0, 0.1) is 5.92 Å². The van der Waals surface area contributed by atoms with Gasteiger partial charge in [0.15, 0.2) is 0 Å². The molecule has 132 valence electrons. The molecule has 1 aromatic rings. The average molecular weight is 332 g/mol. The van der Waals surface area contributed by atoms with Crippen molar-refractivity contribution in [2.24, 2.45) is 13.0 Å². The van der Waals surface area contributed by atoms with Crippen LogP contribution in [0.3, 0.4) is 0 Å². The zero-order chi connectivity index (χ0) is 17.1. The van der Waals surface area contributed by atoms with Gasteiger partial charge in [-0.1, -0.05) is 12.8 Å². The molecule has 0 radical (unpaired) electrons. The molecule has 6 nitrogen and oxygen atoms in total. The Hall–Kier alpha value is -1.85. The Balaban J connectivity index is 1.47. The highest BCUT2D eigenvalue weighted by molar-refractivity contribution is 5.89. The maximum atomic E-state index is 12.6. The summed E-state index contributed by atoms with van der Waals surface area (Å²) in [5.74, 6) is 1.17. The van der Waals surface area contributed by atoms with Crippen LogP contribution in [0.1, 0.15) is 44.3 Å². The van der Waals surface area contributed by atoms with Gasteiger partial charge in [-0.25, -0.2) is 4.98 Å². The van der Waals surface area contributed by atoms with E-state index in [1.54, 1.807) is 11.1 Å². The molecule has 2 fully saturated rings. The summed E-state index contributed by atoms with van der Waals surface area (Å²) in [6.45, 7) is 1.33. The fraction of sp³-hybridized carbons (Fsp3) is 0.722. The summed E-state index contributed by atoms with van der Waals surface area (Å²) >= 11 is 0. The molecule has 1 aliphatic carbocycles. The van der Waals surface area contributed by atoms with Crippen LogP contribution in [-0.4, -0.2) is 57.3 Å². The third-order valence-corrected chi connectivity index (χ3v) is 5.46. The van der Waals surface area contributed by atoms with E-state index in [4.69, 9.17) is 0 Å². The minimum atomic E-state index is -0.156. The van der Waals surface area contributed by atoms with Gasteiger partial charge in [-0.15, -0.1) is 0 Å². The molecule has 2 aliphatic rings. The first-order valence-corrected chi connectivity index (χ1v) is 9.07. The number of carbonyl (C=O) groups is 2. The fourth-order valence-electron chi connectivity index (χ4n) is 4.00. The van der Waals surface area contributed by atoms with E-state index in [0.717, 1.165) is 31.5 Å². The summed E-state index contributed by atoms with van der Waals surface area (Å²) in [7, 11) is 3.84. The second kappa shape index (κ2) is 7.36. The van der Waals surface area contributed by atoms with Gasteiger partial charge in [0.1, 0.15) is 5.82 Å². The van der Waals surface area contributed by atoms with Gasteiger partial charge in [0, 0.05) is 58.5 Å². The minimum Gasteiger partial charge on any atom is -0.345 e. The number of imidazole rings is 1. The topological polar surface area (TPSA) is 58.4 Å². The first-order valence-electron chi connectivity index (χ1n) is 9.07. The van der Waals surface area contributed by atoms with Crippen molar-refractivity contribution in [2.75, 3.05) is 20.1 Å². The van der Waals surface area contributed by atoms with Crippen molar-refractivity contribution in [2.45, 2.75) is 51.0 Å². The van der Waals surface area contributed by atoms with Crippen LogP contribution in [0.2, 0.25) is 0 Å². The second-order valence-corrected chi connectivity index (χ2v) is 7.20. The Morgan fingerprint density at radius 2 is 2.12 bits per heavy atom. The van der Waals surface area contributed by atoms with Crippen molar-refractivity contribution >= 4 is 11.8 Å². The van der Waals surface area contributed by atoms with Crippen LogP contribution in [0.5, 0.6) is 0 Å². The number of carbonyl (C=O) groups excluding carboxylic acids is 2. The van der Waals surface area contributed by atoms with E-state index >= 15 is 0 Å². The summed E-state index contributed by atoms with van der Waals surface area (Å²) in [6.07, 6.45) is 10.5. The van der Waals surface area contributed by atoms with Crippen LogP contribution < -0.4 is 0 Å². The monoisotopic (exact) mass is 332 g/mol. The molecular weight excluding hydrogens is 304 g/mol. The molecule has 24 heavy (non-hydrogen) atoms. The Morgan fingerprint density at radius 1 is 1.38 bits per heavy atom. The number of rotatable bonds is 6. The molecule has 0 N–H and O–H groups in total. The molecule has 6 heteroatoms. The van der Waals surface area contributed by atoms with Gasteiger partial charge in [-0.3, -0.25) is 9.59 Å². The number of aromatic nitrogens is 2. The standard InChI is InChI=1S/C18H28N4O2/c1-20-11-9-19-16(20)8-5-10-21(2)18(24)14-12-17(23)22(13-14)15-6-3-4-7-15/h9,11,14-15H,3-8,10,12-13H2,1-2H3. The molecule has 0 aromatic carbocycles. The van der Waals surface area contributed by atoms with Crippen LogP contribution in [-0.2, 0) is 23.1 Å². The van der Waals surface area contributed by atoms with E-state index < -0.39 is 0 Å². The molecule has 2 amide bonds. The van der Waals surface area contributed by atoms with Gasteiger partial charge in [0.2, 0.25) is 11.8 Å². The first kappa shape index (κ1) is 17.0. The predicted octanol–water partition coefficient (Wildman–Crippen LogP) is 1.60. The van der Waals surface area contributed by atoms with Crippen molar-refractivity contribution in [3.8, 4) is 0 Å². The number of hydrogen-bond donors (Lipinski definition) is 0. The Morgan fingerprint density at radius 3 is 2.79 bits per heavy atom. The Bertz CT molecular complexity index is 592. The van der Waals surface area contributed by atoms with E-state index in [-0.39, 0.29) is 17.7 Å². The Kier molecular flexibility index (Phi) is 5.21. The van der Waals surface area contributed by atoms with Gasteiger partial charge >= 0.3 is 0 Å². The highest BCUT2D eigenvalue weighted by atomic mass is 16.2. The normalized spacial score (nSPS) is 21.7. The quantitative estimate of drug-likeness (QED) is 0.795. The van der Waals surface area contributed by atoms with Crippen molar-refractivity contribution < 1.29 is 9.59 Å². The molecule has 1 saturated carbocycles. The lowest BCUT2D eigenvalue weighted by molar-refractivity contribution is -0.134. The van der Waals surface area contributed by atoms with Crippen molar-refractivity contribution in [3.63, 3.8) is 0 Å². The van der Waals surface area contributed by atoms with Crippen LogP contribution in [0.15, 0.2) is 12.4 Å². The lowest BCUT2D eigenvalue weighted by Gasteiger charge is -2.25. The zero-order valence-corrected chi connectivity index (χ0v) is 14.8. The third kappa shape index (κ3) is 3.62. The molecule has 1 saturated heterocycles. The SMILES string of the molecule is CN(CCCc1nccn1C)C(=O)C1CC(=O)N(C2CCCC2)C1. The summed E-state index contributed by atoms with van der Waals surface area (Å²) < 4.78 is 2.01. The van der Waals surface area contributed by atoms with Crippen LogP contribution in [0.25, 0.3) is 0 Å². The first-order chi connectivity index (χ1) is 11.6. The van der Waals surface area contributed by atoms with Crippen molar-refractivity contribution in [3.05, 3.63) is 18.2 Å². The number of hydrogen-bond acceptors (Lipinski definition) is 3. The van der Waals surface area contributed by atoms with Crippen LogP contribution in [0.4, 0.5) is 0 Å². The minimum absolute atomic E-state index is 0.115. The molecule has 0 spiro atoms. The second-order valence-electron chi connectivity index (χ2n) is 7.20. The Labute approximate surface area is 143 Å². The predicted molar refractivity (Wildman–Crippen MR) is 91.2 cm³/mol. The smallest absolute Gasteiger partial charge is 0.227 e. The van der Waals surface area contributed by atoms with Gasteiger partial charge in [-0.2, -0.15) is 0 Å². The zero-order valence-electron chi connectivity index (χ0n) is 14.8. The molecular formula is C18H28N4O2. The van der Waals surface area contributed by atoms with Gasteiger partial charge in [0.25, 0.3) is 0 Å². The molecule has 1 unspecified atom stereocenters. The summed E-state index contributed by atoms with van der Waals surface area (Å²) in [5, 5.41) is 0. The highest BCUT2D eigenvalue weighted by Gasteiger charge is 2.39. The van der Waals surface area contributed by atoms with Gasteiger partial charge in [-0.05, 0) is 19.3 Å². The van der Waals surface area contributed by atoms with Crippen LogP contribution >= 0.6 is 0 Å². The molecule has 0 bridgehead atoms. The van der Waals surface area contributed by atoms with Gasteiger partial charge in [0.05, 0.1) is 5.92 Å². The largest absolute Gasteiger partial charge is 0.345 e. The maximum Gasteiger partial charge on any atom is 0.227 e. The number of nitrogens with zero attached hydrogens (tertiary/aromatic N) is 4. The fourth-order valence-corrected chi connectivity index (χ4v) is 4.00. The summed E-state index contributed by atoms with van der Waals surface area (Å²) in [6, 6.07) is 0.379. The molecule has 3 rings (SSSR count). The lowest BCUT2D eigenvalue weighted by Crippen LogP contribution is -2.38. The summed E-state index contributed by atoms with van der Waals surface area (Å²) in [4.78, 5) is 33.0. The maximum absolute atomic E-state index is 12.6. The van der Waals surface area contributed by atoms with Crippen molar-refractivity contribution in [1.82, 2.24) is 19.4 Å². The average Bonchev–Trinajstić information content (AvgIpc) is 3.28. The molecule has 1 aromatic heterocycles. The van der Waals surface area contributed by atoms with Gasteiger partial charge < -0.3 is 14.4 Å². The molecule has 1 aliphatic heterocycles. The van der Waals surface area contributed by atoms with Crippen molar-refractivity contribution in [1.29, 1.82) is 0 Å². The van der Waals surface area contributed by atoms with E-state index in [1.165, 1.54) is 12.8 Å². The molecule has 1 atom stereocenters. The summed E-state index contributed by atoms with van der Waals surface area (Å²) in [5.41, 5.74) is 0. The highest BCUT2D eigenvalue weighted by Crippen LogP contribution is 2.30. The van der Waals surface area contributed by atoms with E-state index in [0.29, 0.717) is 25.6 Å².